The molecule has 0 atom stereocenters. The van der Waals surface area contributed by atoms with Crippen LogP contribution in [0.25, 0.3) is 0 Å². The Bertz CT molecular complexity index is 209. The van der Waals surface area contributed by atoms with Crippen molar-refractivity contribution in [3.63, 3.8) is 0 Å². The van der Waals surface area contributed by atoms with Crippen molar-refractivity contribution in [3.8, 4) is 5.75 Å². The number of hydrogen-bond donors (Lipinski definition) is 0. The van der Waals surface area contributed by atoms with E-state index in [1.165, 1.54) is 0 Å². The minimum absolute atomic E-state index is 0.331. The molecular formula is C11H15O2. The lowest BCUT2D eigenvalue weighted by atomic mass is 10.3. The van der Waals surface area contributed by atoms with Crippen molar-refractivity contribution in [2.45, 2.75) is 19.8 Å². The van der Waals surface area contributed by atoms with Gasteiger partial charge in [-0.05, 0) is 24.6 Å². The van der Waals surface area contributed by atoms with E-state index in [2.05, 4.69) is 13.0 Å². The zero-order valence-corrected chi connectivity index (χ0v) is 7.95. The second-order valence-electron chi connectivity index (χ2n) is 2.76. The summed E-state index contributed by atoms with van der Waals surface area (Å²) in [5, 5.41) is 0. The van der Waals surface area contributed by atoms with Gasteiger partial charge in [0.1, 0.15) is 5.75 Å². The highest BCUT2D eigenvalue weighted by molar-refractivity contribution is 5.19. The van der Waals surface area contributed by atoms with E-state index < -0.39 is 0 Å². The van der Waals surface area contributed by atoms with Crippen molar-refractivity contribution in [3.05, 3.63) is 30.3 Å². The summed E-state index contributed by atoms with van der Waals surface area (Å²) in [5.41, 5.74) is 0. The first-order valence-corrected chi connectivity index (χ1v) is 4.60. The van der Waals surface area contributed by atoms with E-state index >= 15 is 0 Å². The van der Waals surface area contributed by atoms with E-state index in [0.717, 1.165) is 25.2 Å². The first-order chi connectivity index (χ1) is 6.43. The van der Waals surface area contributed by atoms with E-state index in [-0.39, 0.29) is 0 Å². The third-order valence-electron chi connectivity index (χ3n) is 1.63. The van der Waals surface area contributed by atoms with Gasteiger partial charge in [0.25, 0.3) is 0 Å². The van der Waals surface area contributed by atoms with Crippen molar-refractivity contribution >= 4 is 0 Å². The molecule has 1 radical (unpaired) electrons. The third-order valence-corrected chi connectivity index (χ3v) is 1.63. The minimum atomic E-state index is 0.331. The van der Waals surface area contributed by atoms with Crippen LogP contribution in [0.2, 0.25) is 0 Å². The van der Waals surface area contributed by atoms with Gasteiger partial charge in [0, 0.05) is 0 Å². The van der Waals surface area contributed by atoms with Crippen LogP contribution in [-0.4, -0.2) is 13.4 Å². The van der Waals surface area contributed by atoms with Crippen LogP contribution in [0.15, 0.2) is 24.3 Å². The van der Waals surface area contributed by atoms with E-state index in [4.69, 9.17) is 9.47 Å². The molecule has 0 spiro atoms. The molecule has 0 aliphatic heterocycles. The van der Waals surface area contributed by atoms with Crippen LogP contribution < -0.4 is 4.74 Å². The predicted octanol–water partition coefficient (Wildman–Crippen LogP) is 2.64. The second kappa shape index (κ2) is 6.49. The number of rotatable bonds is 6. The molecule has 71 valence electrons. The number of benzene rings is 1. The molecule has 0 aromatic heterocycles. The summed E-state index contributed by atoms with van der Waals surface area (Å²) < 4.78 is 10.5. The number of hydrogen-bond acceptors (Lipinski definition) is 2. The average Bonchev–Trinajstić information content (AvgIpc) is 2.19. The van der Waals surface area contributed by atoms with Crippen LogP contribution in [0.3, 0.4) is 0 Å². The van der Waals surface area contributed by atoms with Gasteiger partial charge in [-0.1, -0.05) is 25.5 Å². The fourth-order valence-electron chi connectivity index (χ4n) is 0.882. The van der Waals surface area contributed by atoms with E-state index in [1.54, 1.807) is 6.07 Å². The molecule has 1 aromatic carbocycles. The zero-order chi connectivity index (χ0) is 9.36. The summed E-state index contributed by atoms with van der Waals surface area (Å²) in [6.45, 7) is 3.24. The Morgan fingerprint density at radius 1 is 1.46 bits per heavy atom. The molecule has 0 fully saturated rings. The summed E-state index contributed by atoms with van der Waals surface area (Å²) in [6, 6.07) is 10.3. The lowest BCUT2D eigenvalue weighted by Gasteiger charge is -2.05. The highest BCUT2D eigenvalue weighted by atomic mass is 16.7. The molecule has 0 N–H and O–H groups in total. The van der Waals surface area contributed by atoms with Gasteiger partial charge in [0.2, 0.25) is 0 Å². The van der Waals surface area contributed by atoms with Crippen LogP contribution in [-0.2, 0) is 4.74 Å². The molecule has 13 heavy (non-hydrogen) atoms. The largest absolute Gasteiger partial charge is 0.468 e. The maximum Gasteiger partial charge on any atom is 0.189 e. The fourth-order valence-corrected chi connectivity index (χ4v) is 0.882. The lowest BCUT2D eigenvalue weighted by molar-refractivity contribution is 0.0140. The Hall–Kier alpha value is -1.02. The number of unbranched alkanes of at least 4 members (excludes halogenated alkanes) is 1. The highest BCUT2D eigenvalue weighted by Crippen LogP contribution is 2.07. The maximum absolute atomic E-state index is 5.30. The predicted molar refractivity (Wildman–Crippen MR) is 51.6 cm³/mol. The molecule has 0 amide bonds. The van der Waals surface area contributed by atoms with Crippen LogP contribution >= 0.6 is 0 Å². The standard InChI is InChI=1S/C11H15O2/c1-2-3-9-12-10-13-11-7-5-4-6-8-11/h4-5,7-8H,2-3,9-10H2,1H3. The first-order valence-electron chi connectivity index (χ1n) is 4.60. The molecule has 1 aromatic rings. The van der Waals surface area contributed by atoms with Gasteiger partial charge in [-0.2, -0.15) is 0 Å². The Morgan fingerprint density at radius 3 is 3.08 bits per heavy atom. The summed E-state index contributed by atoms with van der Waals surface area (Å²) in [5.74, 6) is 0.805. The van der Waals surface area contributed by atoms with Crippen LogP contribution in [0, 0.1) is 6.07 Å². The van der Waals surface area contributed by atoms with Gasteiger partial charge in [-0.15, -0.1) is 0 Å². The summed E-state index contributed by atoms with van der Waals surface area (Å²) >= 11 is 0. The topological polar surface area (TPSA) is 18.5 Å². The van der Waals surface area contributed by atoms with Crippen molar-refractivity contribution in [1.29, 1.82) is 0 Å². The summed E-state index contributed by atoms with van der Waals surface area (Å²) in [4.78, 5) is 0. The molecule has 0 unspecified atom stereocenters. The van der Waals surface area contributed by atoms with E-state index in [1.807, 2.05) is 18.2 Å². The highest BCUT2D eigenvalue weighted by Gasteiger charge is 1.90. The molecule has 1 rings (SSSR count). The van der Waals surface area contributed by atoms with Gasteiger partial charge in [0.15, 0.2) is 6.79 Å². The van der Waals surface area contributed by atoms with E-state index in [0.29, 0.717) is 6.79 Å². The molecule has 2 nitrogen and oxygen atoms in total. The minimum Gasteiger partial charge on any atom is -0.468 e. The molecule has 2 heteroatoms. The summed E-state index contributed by atoms with van der Waals surface area (Å²) in [7, 11) is 0. The quantitative estimate of drug-likeness (QED) is 0.493. The monoisotopic (exact) mass is 179 g/mol. The Morgan fingerprint density at radius 2 is 2.38 bits per heavy atom. The Kier molecular flexibility index (Phi) is 5.02. The molecule has 0 aliphatic rings. The molecule has 0 saturated carbocycles. The van der Waals surface area contributed by atoms with Crippen molar-refractivity contribution < 1.29 is 9.47 Å². The van der Waals surface area contributed by atoms with Gasteiger partial charge >= 0.3 is 0 Å². The SMILES string of the molecule is CCCCOCOc1c[c]ccc1. The first kappa shape index (κ1) is 10.1. The van der Waals surface area contributed by atoms with Gasteiger partial charge in [0.05, 0.1) is 6.61 Å². The smallest absolute Gasteiger partial charge is 0.189 e. The molecule has 0 heterocycles. The van der Waals surface area contributed by atoms with Crippen LogP contribution in [0.4, 0.5) is 0 Å². The van der Waals surface area contributed by atoms with Crippen LogP contribution in [0.1, 0.15) is 19.8 Å². The fraction of sp³-hybridized carbons (Fsp3) is 0.455. The number of ether oxygens (including phenoxy) is 2. The Labute approximate surface area is 79.5 Å². The molecule has 0 saturated heterocycles. The average molecular weight is 179 g/mol. The Balaban J connectivity index is 2.07. The van der Waals surface area contributed by atoms with Crippen molar-refractivity contribution in [2.24, 2.45) is 0 Å². The lowest BCUT2D eigenvalue weighted by Crippen LogP contribution is -2.03. The van der Waals surface area contributed by atoms with Crippen molar-refractivity contribution in [1.82, 2.24) is 0 Å². The van der Waals surface area contributed by atoms with Gasteiger partial charge in [-0.25, -0.2) is 0 Å². The normalized spacial score (nSPS) is 9.92. The second-order valence-corrected chi connectivity index (χ2v) is 2.76. The molecule has 0 bridgehead atoms. The van der Waals surface area contributed by atoms with E-state index in [9.17, 15) is 0 Å². The maximum atomic E-state index is 5.30. The summed E-state index contributed by atoms with van der Waals surface area (Å²) in [6.07, 6.45) is 2.24. The van der Waals surface area contributed by atoms with Crippen molar-refractivity contribution in [2.75, 3.05) is 13.4 Å². The third kappa shape index (κ3) is 4.53. The van der Waals surface area contributed by atoms with Gasteiger partial charge in [-0.3, -0.25) is 0 Å². The zero-order valence-electron chi connectivity index (χ0n) is 7.95. The van der Waals surface area contributed by atoms with Gasteiger partial charge < -0.3 is 9.47 Å². The van der Waals surface area contributed by atoms with Crippen LogP contribution in [0.5, 0.6) is 5.75 Å². The molecular weight excluding hydrogens is 164 g/mol. The molecule has 0 aliphatic carbocycles.